The van der Waals surface area contributed by atoms with Crippen LogP contribution in [0.4, 0.5) is 6.01 Å². The van der Waals surface area contributed by atoms with E-state index in [0.717, 1.165) is 27.3 Å². The summed E-state index contributed by atoms with van der Waals surface area (Å²) in [4.78, 5) is 19.8. The summed E-state index contributed by atoms with van der Waals surface area (Å²) >= 11 is 1.52. The van der Waals surface area contributed by atoms with Gasteiger partial charge in [-0.2, -0.15) is 4.98 Å². The minimum absolute atomic E-state index is 0.229. The second-order valence-corrected chi connectivity index (χ2v) is 9.30. The number of likely N-dealkylation sites (N-methyl/N-ethyl adjacent to an activating group) is 1. The molecule has 0 bridgehead atoms. The van der Waals surface area contributed by atoms with Crippen LogP contribution in [0.5, 0.6) is 5.75 Å². The second kappa shape index (κ2) is 11.1. The van der Waals surface area contributed by atoms with E-state index in [1.807, 2.05) is 91.7 Å². The van der Waals surface area contributed by atoms with E-state index in [0.29, 0.717) is 25.6 Å². The molecular weight excluding hydrogens is 448 g/mol. The molecule has 176 valence electrons. The summed E-state index contributed by atoms with van der Waals surface area (Å²) in [5.41, 5.74) is 3.85. The van der Waals surface area contributed by atoms with Gasteiger partial charge >= 0.3 is 5.97 Å². The molecule has 1 unspecified atom stereocenters. The molecule has 0 aliphatic rings. The van der Waals surface area contributed by atoms with Crippen molar-refractivity contribution < 1.29 is 18.7 Å². The molecule has 0 radical (unpaired) electrons. The van der Waals surface area contributed by atoms with Crippen LogP contribution < -0.4 is 9.64 Å². The summed E-state index contributed by atoms with van der Waals surface area (Å²) < 4.78 is 16.7. The molecule has 0 saturated heterocycles. The number of benzene rings is 3. The lowest BCUT2D eigenvalue weighted by Gasteiger charge is -2.16. The normalized spacial score (nSPS) is 11.9. The van der Waals surface area contributed by atoms with Crippen molar-refractivity contribution in [1.29, 1.82) is 0 Å². The molecule has 0 spiro atoms. The van der Waals surface area contributed by atoms with E-state index in [1.54, 1.807) is 0 Å². The number of methoxy groups -OCH3 is 1. The highest BCUT2D eigenvalue weighted by Crippen LogP contribution is 2.28. The SMILES string of the molecule is COC(=O)C(Cc1ccc(OCCN(C)c2nc3ccccc3o2)cc1)Sc1ccc(C)cc1. The zero-order chi connectivity index (χ0) is 23.9. The fraction of sp³-hybridized carbons (Fsp3) is 0.259. The molecule has 34 heavy (non-hydrogen) atoms. The largest absolute Gasteiger partial charge is 0.492 e. The number of aryl methyl sites for hydroxylation is 1. The molecular formula is C27H28N2O4S. The van der Waals surface area contributed by atoms with E-state index in [9.17, 15) is 4.79 Å². The van der Waals surface area contributed by atoms with Crippen molar-refractivity contribution in [2.75, 3.05) is 32.2 Å². The van der Waals surface area contributed by atoms with Crippen molar-refractivity contribution in [3.05, 3.63) is 83.9 Å². The highest BCUT2D eigenvalue weighted by atomic mass is 32.2. The minimum atomic E-state index is -0.315. The lowest BCUT2D eigenvalue weighted by Crippen LogP contribution is -2.24. The van der Waals surface area contributed by atoms with Crippen LogP contribution in [-0.4, -0.2) is 43.5 Å². The van der Waals surface area contributed by atoms with Crippen molar-refractivity contribution in [3.8, 4) is 5.75 Å². The molecule has 1 atom stereocenters. The molecule has 0 aliphatic heterocycles. The number of hydrogen-bond acceptors (Lipinski definition) is 7. The summed E-state index contributed by atoms with van der Waals surface area (Å²) in [5, 5.41) is -0.315. The average Bonchev–Trinajstić information content (AvgIpc) is 3.30. The van der Waals surface area contributed by atoms with Gasteiger partial charge in [0.05, 0.1) is 13.7 Å². The molecule has 0 saturated carbocycles. The lowest BCUT2D eigenvalue weighted by molar-refractivity contribution is -0.139. The Kier molecular flexibility index (Phi) is 7.75. The summed E-state index contributed by atoms with van der Waals surface area (Å²) in [6.07, 6.45) is 0.575. The maximum absolute atomic E-state index is 12.3. The summed E-state index contributed by atoms with van der Waals surface area (Å²) in [5.74, 6) is 0.545. The van der Waals surface area contributed by atoms with Gasteiger partial charge in [0.2, 0.25) is 0 Å². The van der Waals surface area contributed by atoms with Crippen LogP contribution in [0.3, 0.4) is 0 Å². The summed E-state index contributed by atoms with van der Waals surface area (Å²) in [6.45, 7) is 3.17. The van der Waals surface area contributed by atoms with Crippen LogP contribution in [0, 0.1) is 6.92 Å². The highest BCUT2D eigenvalue weighted by Gasteiger charge is 2.21. The van der Waals surface area contributed by atoms with Gasteiger partial charge in [-0.25, -0.2) is 0 Å². The van der Waals surface area contributed by atoms with Gasteiger partial charge < -0.3 is 18.8 Å². The standard InChI is InChI=1S/C27H28N2O4S/c1-19-8-14-22(15-9-19)34-25(26(30)31-3)18-20-10-12-21(13-11-20)32-17-16-29(2)27-28-23-6-4-5-7-24(23)33-27/h4-15,25H,16-18H2,1-3H3. The molecule has 1 aromatic heterocycles. The zero-order valence-electron chi connectivity index (χ0n) is 19.6. The van der Waals surface area contributed by atoms with Gasteiger partial charge in [-0.1, -0.05) is 42.0 Å². The predicted octanol–water partition coefficient (Wildman–Crippen LogP) is 5.53. The summed E-state index contributed by atoms with van der Waals surface area (Å²) in [7, 11) is 3.36. The van der Waals surface area contributed by atoms with Gasteiger partial charge in [-0.15, -0.1) is 11.8 Å². The van der Waals surface area contributed by atoms with Crippen molar-refractivity contribution in [2.24, 2.45) is 0 Å². The van der Waals surface area contributed by atoms with Crippen molar-refractivity contribution in [1.82, 2.24) is 4.98 Å². The second-order valence-electron chi connectivity index (χ2n) is 8.02. The molecule has 7 heteroatoms. The number of carbonyl (C=O) groups excluding carboxylic acids is 1. The number of para-hydroxylation sites is 2. The van der Waals surface area contributed by atoms with Gasteiger partial charge in [0.25, 0.3) is 6.01 Å². The number of esters is 1. The first-order valence-corrected chi connectivity index (χ1v) is 12.0. The van der Waals surface area contributed by atoms with Crippen molar-refractivity contribution >= 4 is 34.8 Å². The number of anilines is 1. The van der Waals surface area contributed by atoms with E-state index in [2.05, 4.69) is 4.98 Å². The van der Waals surface area contributed by atoms with E-state index in [1.165, 1.54) is 24.4 Å². The number of hydrogen-bond donors (Lipinski definition) is 0. The third-order valence-corrected chi connectivity index (χ3v) is 6.60. The Bertz CT molecular complexity index is 1190. The molecule has 4 rings (SSSR count). The number of rotatable bonds is 10. The fourth-order valence-electron chi connectivity index (χ4n) is 3.44. The minimum Gasteiger partial charge on any atom is -0.492 e. The van der Waals surface area contributed by atoms with Crippen molar-refractivity contribution in [3.63, 3.8) is 0 Å². The molecule has 4 aromatic rings. The maximum atomic E-state index is 12.3. The highest BCUT2D eigenvalue weighted by molar-refractivity contribution is 8.00. The Balaban J connectivity index is 1.30. The third kappa shape index (κ3) is 6.11. The van der Waals surface area contributed by atoms with Crippen LogP contribution in [-0.2, 0) is 16.0 Å². The molecule has 0 aliphatic carbocycles. The molecule has 3 aromatic carbocycles. The number of thioether (sulfide) groups is 1. The van der Waals surface area contributed by atoms with E-state index in [4.69, 9.17) is 13.9 Å². The van der Waals surface area contributed by atoms with E-state index >= 15 is 0 Å². The molecule has 0 N–H and O–H groups in total. The quantitative estimate of drug-likeness (QED) is 0.220. The first-order chi connectivity index (χ1) is 16.5. The molecule has 0 fully saturated rings. The average molecular weight is 477 g/mol. The fourth-order valence-corrected chi connectivity index (χ4v) is 4.53. The van der Waals surface area contributed by atoms with E-state index in [-0.39, 0.29) is 11.2 Å². The maximum Gasteiger partial charge on any atom is 0.319 e. The lowest BCUT2D eigenvalue weighted by atomic mass is 10.1. The Hall–Kier alpha value is -3.45. The van der Waals surface area contributed by atoms with Gasteiger partial charge in [0, 0.05) is 11.9 Å². The predicted molar refractivity (Wildman–Crippen MR) is 136 cm³/mol. The van der Waals surface area contributed by atoms with Gasteiger partial charge in [-0.3, -0.25) is 4.79 Å². The number of carbonyl (C=O) groups is 1. The molecule has 1 heterocycles. The number of nitrogens with zero attached hydrogens (tertiary/aromatic N) is 2. The number of fused-ring (bicyclic) bond motifs is 1. The third-order valence-electron chi connectivity index (χ3n) is 5.41. The molecule has 6 nitrogen and oxygen atoms in total. The van der Waals surface area contributed by atoms with E-state index < -0.39 is 0 Å². The monoisotopic (exact) mass is 476 g/mol. The Labute approximate surface area is 203 Å². The Morgan fingerprint density at radius 2 is 1.79 bits per heavy atom. The van der Waals surface area contributed by atoms with Gasteiger partial charge in [0.15, 0.2) is 5.58 Å². The number of ether oxygens (including phenoxy) is 2. The zero-order valence-corrected chi connectivity index (χ0v) is 20.4. The van der Waals surface area contributed by atoms with Crippen LogP contribution in [0.25, 0.3) is 11.1 Å². The first kappa shape index (κ1) is 23.7. The van der Waals surface area contributed by atoms with Gasteiger partial charge in [-0.05, 0) is 55.3 Å². The number of oxazole rings is 1. The number of aromatic nitrogens is 1. The van der Waals surface area contributed by atoms with Crippen LogP contribution in [0.15, 0.2) is 82.1 Å². The molecule has 0 amide bonds. The van der Waals surface area contributed by atoms with Crippen LogP contribution in [0.2, 0.25) is 0 Å². The van der Waals surface area contributed by atoms with Crippen LogP contribution in [0.1, 0.15) is 11.1 Å². The first-order valence-electron chi connectivity index (χ1n) is 11.1. The van der Waals surface area contributed by atoms with Crippen molar-refractivity contribution in [2.45, 2.75) is 23.5 Å². The van der Waals surface area contributed by atoms with Crippen LogP contribution >= 0.6 is 11.8 Å². The smallest absolute Gasteiger partial charge is 0.319 e. The topological polar surface area (TPSA) is 64.8 Å². The Morgan fingerprint density at radius 1 is 1.06 bits per heavy atom. The summed E-state index contributed by atoms with van der Waals surface area (Å²) in [6, 6.07) is 24.3. The van der Waals surface area contributed by atoms with Gasteiger partial charge in [0.1, 0.15) is 23.1 Å². The Morgan fingerprint density at radius 3 is 2.50 bits per heavy atom.